The number of rotatable bonds is 2. The highest BCUT2D eigenvalue weighted by Gasteiger charge is 2.30. The molecule has 3 aromatic rings. The van der Waals surface area contributed by atoms with E-state index in [2.05, 4.69) is 9.55 Å². The van der Waals surface area contributed by atoms with Gasteiger partial charge in [-0.3, -0.25) is 0 Å². The summed E-state index contributed by atoms with van der Waals surface area (Å²) in [6.45, 7) is 2.69. The number of aryl methyl sites for hydroxylation is 1. The van der Waals surface area contributed by atoms with Crippen LogP contribution < -0.4 is 0 Å². The average molecular weight is 345 g/mol. The van der Waals surface area contributed by atoms with Gasteiger partial charge < -0.3 is 4.57 Å². The standard InChI is InChI=1S/C17H16FN3O2S/c1-12-10-13(6-7-14(12)18)24(22,23)20-8-9-21-16-5-3-2-4-15(16)19-17(21)11-20/h2-7,10H,8-9,11H2,1H3. The number of imidazole rings is 1. The molecule has 2 heterocycles. The van der Waals surface area contributed by atoms with Crippen LogP contribution in [0.15, 0.2) is 47.4 Å². The first-order chi connectivity index (χ1) is 11.5. The zero-order valence-corrected chi connectivity index (χ0v) is 13.9. The summed E-state index contributed by atoms with van der Waals surface area (Å²) < 4.78 is 42.6. The molecule has 1 aliphatic heterocycles. The second-order valence-electron chi connectivity index (χ2n) is 5.92. The molecule has 0 radical (unpaired) electrons. The van der Waals surface area contributed by atoms with Crippen LogP contribution in [0.4, 0.5) is 4.39 Å². The van der Waals surface area contributed by atoms with E-state index < -0.39 is 15.8 Å². The summed E-state index contributed by atoms with van der Waals surface area (Å²) in [6, 6.07) is 11.7. The van der Waals surface area contributed by atoms with Crippen molar-refractivity contribution in [3.8, 4) is 0 Å². The van der Waals surface area contributed by atoms with Crippen molar-refractivity contribution >= 4 is 21.1 Å². The van der Waals surface area contributed by atoms with E-state index in [0.717, 1.165) is 16.9 Å². The molecular weight excluding hydrogens is 329 g/mol. The van der Waals surface area contributed by atoms with Crippen LogP contribution in [0.3, 0.4) is 0 Å². The van der Waals surface area contributed by atoms with Crippen LogP contribution in [0.5, 0.6) is 0 Å². The first-order valence-corrected chi connectivity index (χ1v) is 9.11. The highest BCUT2D eigenvalue weighted by Crippen LogP contribution is 2.25. The topological polar surface area (TPSA) is 55.2 Å². The Morgan fingerprint density at radius 3 is 2.71 bits per heavy atom. The number of hydrogen-bond acceptors (Lipinski definition) is 3. The third-order valence-electron chi connectivity index (χ3n) is 4.39. The number of para-hydroxylation sites is 2. The van der Waals surface area contributed by atoms with Crippen molar-refractivity contribution in [1.82, 2.24) is 13.9 Å². The first kappa shape index (κ1) is 15.3. The van der Waals surface area contributed by atoms with E-state index >= 15 is 0 Å². The number of aromatic nitrogens is 2. The van der Waals surface area contributed by atoms with Crippen molar-refractivity contribution in [3.63, 3.8) is 0 Å². The molecule has 0 fully saturated rings. The van der Waals surface area contributed by atoms with Gasteiger partial charge >= 0.3 is 0 Å². The van der Waals surface area contributed by atoms with Gasteiger partial charge in [0.1, 0.15) is 11.6 Å². The van der Waals surface area contributed by atoms with Crippen molar-refractivity contribution in [2.45, 2.75) is 24.9 Å². The van der Waals surface area contributed by atoms with Gasteiger partial charge in [-0.25, -0.2) is 17.8 Å². The number of hydrogen-bond donors (Lipinski definition) is 0. The number of sulfonamides is 1. The van der Waals surface area contributed by atoms with E-state index in [1.165, 1.54) is 22.5 Å². The molecule has 1 aromatic heterocycles. The van der Waals surface area contributed by atoms with E-state index in [1.54, 1.807) is 6.92 Å². The minimum Gasteiger partial charge on any atom is -0.326 e. The molecule has 7 heteroatoms. The number of benzene rings is 2. The van der Waals surface area contributed by atoms with Crippen LogP contribution in [0.2, 0.25) is 0 Å². The zero-order chi connectivity index (χ0) is 16.9. The average Bonchev–Trinajstić information content (AvgIpc) is 2.95. The zero-order valence-electron chi connectivity index (χ0n) is 13.1. The molecule has 0 unspecified atom stereocenters. The number of fused-ring (bicyclic) bond motifs is 3. The molecule has 0 amide bonds. The second kappa shape index (κ2) is 5.39. The Bertz CT molecular complexity index is 1040. The van der Waals surface area contributed by atoms with E-state index in [9.17, 15) is 12.8 Å². The summed E-state index contributed by atoms with van der Waals surface area (Å²) in [7, 11) is -3.67. The third kappa shape index (κ3) is 2.32. The highest BCUT2D eigenvalue weighted by molar-refractivity contribution is 7.89. The van der Waals surface area contributed by atoms with Gasteiger partial charge in [-0.15, -0.1) is 0 Å². The Labute approximate surface area is 139 Å². The van der Waals surface area contributed by atoms with Crippen molar-refractivity contribution in [2.75, 3.05) is 6.54 Å². The van der Waals surface area contributed by atoms with Crippen molar-refractivity contribution in [2.24, 2.45) is 0 Å². The fraction of sp³-hybridized carbons (Fsp3) is 0.235. The lowest BCUT2D eigenvalue weighted by Gasteiger charge is -2.27. The van der Waals surface area contributed by atoms with Crippen LogP contribution in [-0.2, 0) is 23.1 Å². The Hall–Kier alpha value is -2.25. The molecule has 4 rings (SSSR count). The van der Waals surface area contributed by atoms with Gasteiger partial charge in [0.05, 0.1) is 22.5 Å². The van der Waals surface area contributed by atoms with Crippen LogP contribution in [-0.4, -0.2) is 28.8 Å². The van der Waals surface area contributed by atoms with E-state index in [0.29, 0.717) is 18.7 Å². The molecule has 0 saturated heterocycles. The molecule has 24 heavy (non-hydrogen) atoms. The van der Waals surface area contributed by atoms with E-state index in [1.807, 2.05) is 24.3 Å². The Balaban J connectivity index is 1.72. The summed E-state index contributed by atoms with van der Waals surface area (Å²) in [4.78, 5) is 4.66. The predicted octanol–water partition coefficient (Wildman–Crippen LogP) is 2.69. The van der Waals surface area contributed by atoms with Gasteiger partial charge in [-0.2, -0.15) is 4.31 Å². The number of nitrogens with zero attached hydrogens (tertiary/aromatic N) is 3. The summed E-state index contributed by atoms with van der Waals surface area (Å²) in [6.07, 6.45) is 0. The summed E-state index contributed by atoms with van der Waals surface area (Å²) in [5, 5.41) is 0. The van der Waals surface area contributed by atoms with Gasteiger partial charge in [0, 0.05) is 13.1 Å². The largest absolute Gasteiger partial charge is 0.326 e. The lowest BCUT2D eigenvalue weighted by Crippen LogP contribution is -2.38. The molecule has 0 saturated carbocycles. The molecule has 0 bridgehead atoms. The minimum atomic E-state index is -3.67. The Kier molecular flexibility index (Phi) is 3.43. The fourth-order valence-corrected chi connectivity index (χ4v) is 4.55. The maximum Gasteiger partial charge on any atom is 0.243 e. The SMILES string of the molecule is Cc1cc(S(=O)(=O)N2CCn3c(nc4ccccc43)C2)ccc1F. The molecule has 2 aromatic carbocycles. The van der Waals surface area contributed by atoms with Gasteiger partial charge in [0.15, 0.2) is 0 Å². The van der Waals surface area contributed by atoms with Gasteiger partial charge in [0.25, 0.3) is 0 Å². The summed E-state index contributed by atoms with van der Waals surface area (Å²) in [5.41, 5.74) is 2.20. The highest BCUT2D eigenvalue weighted by atomic mass is 32.2. The quantitative estimate of drug-likeness (QED) is 0.718. The molecule has 0 spiro atoms. The van der Waals surface area contributed by atoms with Crippen LogP contribution >= 0.6 is 0 Å². The lowest BCUT2D eigenvalue weighted by atomic mass is 10.2. The Morgan fingerprint density at radius 1 is 1.12 bits per heavy atom. The molecule has 1 aliphatic rings. The summed E-state index contributed by atoms with van der Waals surface area (Å²) >= 11 is 0. The van der Waals surface area contributed by atoms with Crippen LogP contribution in [0, 0.1) is 12.7 Å². The van der Waals surface area contributed by atoms with E-state index in [4.69, 9.17) is 0 Å². The first-order valence-electron chi connectivity index (χ1n) is 7.67. The predicted molar refractivity (Wildman–Crippen MR) is 88.5 cm³/mol. The molecule has 124 valence electrons. The van der Waals surface area contributed by atoms with Crippen LogP contribution in [0.25, 0.3) is 11.0 Å². The number of halogens is 1. The van der Waals surface area contributed by atoms with Crippen molar-refractivity contribution in [1.29, 1.82) is 0 Å². The van der Waals surface area contributed by atoms with Gasteiger partial charge in [-0.1, -0.05) is 12.1 Å². The molecule has 0 N–H and O–H groups in total. The second-order valence-corrected chi connectivity index (χ2v) is 7.86. The van der Waals surface area contributed by atoms with Crippen molar-refractivity contribution < 1.29 is 12.8 Å². The van der Waals surface area contributed by atoms with Crippen molar-refractivity contribution in [3.05, 3.63) is 59.7 Å². The maximum atomic E-state index is 13.4. The van der Waals surface area contributed by atoms with Crippen LogP contribution in [0.1, 0.15) is 11.4 Å². The smallest absolute Gasteiger partial charge is 0.243 e. The Morgan fingerprint density at radius 2 is 1.92 bits per heavy atom. The molecule has 0 atom stereocenters. The maximum absolute atomic E-state index is 13.4. The van der Waals surface area contributed by atoms with Gasteiger partial charge in [-0.05, 0) is 42.8 Å². The normalized spacial score (nSPS) is 15.6. The molecule has 0 aliphatic carbocycles. The summed E-state index contributed by atoms with van der Waals surface area (Å²) in [5.74, 6) is 0.319. The van der Waals surface area contributed by atoms with E-state index in [-0.39, 0.29) is 11.4 Å². The fourth-order valence-electron chi connectivity index (χ4n) is 3.08. The minimum absolute atomic E-state index is 0.117. The third-order valence-corrected chi connectivity index (χ3v) is 6.23. The van der Waals surface area contributed by atoms with Gasteiger partial charge in [0.2, 0.25) is 10.0 Å². The monoisotopic (exact) mass is 345 g/mol. The molecule has 5 nitrogen and oxygen atoms in total. The lowest BCUT2D eigenvalue weighted by molar-refractivity contribution is 0.339. The molecular formula is C17H16FN3O2S.